The van der Waals surface area contributed by atoms with Crippen LogP contribution in [-0.2, 0) is 14.8 Å². The van der Waals surface area contributed by atoms with Crippen molar-refractivity contribution in [2.45, 2.75) is 31.2 Å². The number of anilines is 1. The molecule has 1 aromatic carbocycles. The molecule has 0 aromatic heterocycles. The molecule has 0 aliphatic rings. The second-order valence-electron chi connectivity index (χ2n) is 5.41. The zero-order valence-electron chi connectivity index (χ0n) is 12.6. The fourth-order valence-electron chi connectivity index (χ4n) is 1.60. The molecular formula is C14H20N2O4S. The van der Waals surface area contributed by atoms with Crippen molar-refractivity contribution < 1.29 is 17.9 Å². The van der Waals surface area contributed by atoms with Crippen LogP contribution >= 0.6 is 0 Å². The number of hydrogen-bond acceptors (Lipinski definition) is 4. The minimum atomic E-state index is -3.69. The van der Waals surface area contributed by atoms with E-state index < -0.39 is 21.5 Å². The van der Waals surface area contributed by atoms with Gasteiger partial charge in [-0.25, -0.2) is 13.1 Å². The van der Waals surface area contributed by atoms with Gasteiger partial charge < -0.3 is 10.1 Å². The molecule has 21 heavy (non-hydrogen) atoms. The zero-order valence-corrected chi connectivity index (χ0v) is 13.4. The highest BCUT2D eigenvalue weighted by Gasteiger charge is 2.23. The Labute approximate surface area is 125 Å². The van der Waals surface area contributed by atoms with Crippen LogP contribution in [0.3, 0.4) is 0 Å². The van der Waals surface area contributed by atoms with E-state index in [1.54, 1.807) is 20.8 Å². The molecule has 0 bridgehead atoms. The molecule has 7 heteroatoms. The van der Waals surface area contributed by atoms with Crippen LogP contribution in [0.2, 0.25) is 0 Å². The van der Waals surface area contributed by atoms with Crippen molar-refractivity contribution >= 4 is 21.6 Å². The summed E-state index contributed by atoms with van der Waals surface area (Å²) >= 11 is 0. The van der Waals surface area contributed by atoms with Crippen LogP contribution in [-0.4, -0.2) is 27.0 Å². The summed E-state index contributed by atoms with van der Waals surface area (Å²) in [7, 11) is -2.26. The Morgan fingerprint density at radius 3 is 2.43 bits per heavy atom. The van der Waals surface area contributed by atoms with E-state index in [4.69, 9.17) is 4.74 Å². The van der Waals surface area contributed by atoms with Crippen LogP contribution < -0.4 is 14.8 Å². The van der Waals surface area contributed by atoms with Crippen molar-refractivity contribution in [3.63, 3.8) is 0 Å². The smallest absolute Gasteiger partial charge is 0.247 e. The van der Waals surface area contributed by atoms with E-state index in [-0.39, 0.29) is 10.6 Å². The molecule has 0 saturated heterocycles. The van der Waals surface area contributed by atoms with Gasteiger partial charge in [0.1, 0.15) is 5.75 Å². The van der Waals surface area contributed by atoms with Gasteiger partial charge in [0.25, 0.3) is 0 Å². The van der Waals surface area contributed by atoms with Gasteiger partial charge in [-0.05, 0) is 45.0 Å². The van der Waals surface area contributed by atoms with Crippen molar-refractivity contribution in [3.8, 4) is 5.75 Å². The van der Waals surface area contributed by atoms with Crippen LogP contribution in [0, 0.1) is 0 Å². The quantitative estimate of drug-likeness (QED) is 0.813. The Balaban J connectivity index is 3.24. The number of sulfonamides is 1. The minimum absolute atomic E-state index is 0.0394. The Bertz CT molecular complexity index is 645. The first-order valence-electron chi connectivity index (χ1n) is 6.24. The number of amides is 1. The lowest BCUT2D eigenvalue weighted by molar-refractivity contribution is -0.111. The van der Waals surface area contributed by atoms with E-state index in [0.717, 1.165) is 6.08 Å². The summed E-state index contributed by atoms with van der Waals surface area (Å²) in [6, 6.07) is 4.24. The molecule has 1 rings (SSSR count). The number of ether oxygens (including phenoxy) is 1. The number of hydrogen-bond donors (Lipinski definition) is 2. The van der Waals surface area contributed by atoms with E-state index in [2.05, 4.69) is 16.6 Å². The third kappa shape index (κ3) is 4.87. The number of carbonyl (C=O) groups is 1. The van der Waals surface area contributed by atoms with Crippen LogP contribution in [0.1, 0.15) is 20.8 Å². The van der Waals surface area contributed by atoms with Gasteiger partial charge in [-0.1, -0.05) is 6.58 Å². The summed E-state index contributed by atoms with van der Waals surface area (Å²) < 4.78 is 32.2. The lowest BCUT2D eigenvalue weighted by Crippen LogP contribution is -2.40. The van der Waals surface area contributed by atoms with Crippen molar-refractivity contribution in [1.29, 1.82) is 0 Å². The standard InChI is InChI=1S/C14H20N2O4S/c1-6-13(17)15-11-9-10(7-8-12(11)20-5)21(18,19)16-14(2,3)4/h6-9,16H,1H2,2-5H3,(H,15,17). The Morgan fingerprint density at radius 1 is 1.33 bits per heavy atom. The number of rotatable bonds is 5. The average Bonchev–Trinajstić information content (AvgIpc) is 2.35. The van der Waals surface area contributed by atoms with Gasteiger partial charge in [0.2, 0.25) is 15.9 Å². The van der Waals surface area contributed by atoms with Gasteiger partial charge in [-0.2, -0.15) is 0 Å². The Kier molecular flexibility index (Phi) is 5.14. The molecule has 0 atom stereocenters. The maximum absolute atomic E-state index is 12.3. The molecule has 0 fully saturated rings. The van der Waals surface area contributed by atoms with E-state index in [0.29, 0.717) is 5.75 Å². The van der Waals surface area contributed by atoms with Gasteiger partial charge >= 0.3 is 0 Å². The van der Waals surface area contributed by atoms with Crippen LogP contribution in [0.25, 0.3) is 0 Å². The summed E-state index contributed by atoms with van der Waals surface area (Å²) in [6.07, 6.45) is 1.09. The van der Waals surface area contributed by atoms with Gasteiger partial charge in [-0.3, -0.25) is 4.79 Å². The third-order valence-corrected chi connectivity index (χ3v) is 4.12. The molecule has 6 nitrogen and oxygen atoms in total. The molecule has 0 unspecified atom stereocenters. The SMILES string of the molecule is C=CC(=O)Nc1cc(S(=O)(=O)NC(C)(C)C)ccc1OC. The van der Waals surface area contributed by atoms with Crippen LogP contribution in [0.5, 0.6) is 5.75 Å². The van der Waals surface area contributed by atoms with E-state index in [1.165, 1.54) is 25.3 Å². The molecule has 1 aromatic rings. The van der Waals surface area contributed by atoms with E-state index in [1.807, 2.05) is 0 Å². The molecule has 2 N–H and O–H groups in total. The zero-order chi connectivity index (χ0) is 16.3. The molecule has 0 spiro atoms. The molecule has 1 amide bonds. The first kappa shape index (κ1) is 17.2. The average molecular weight is 312 g/mol. The lowest BCUT2D eigenvalue weighted by atomic mass is 10.1. The Hall–Kier alpha value is -1.86. The molecule has 0 radical (unpaired) electrons. The molecule has 0 aliphatic heterocycles. The van der Waals surface area contributed by atoms with Crippen molar-refractivity contribution in [2.24, 2.45) is 0 Å². The van der Waals surface area contributed by atoms with E-state index >= 15 is 0 Å². The fourth-order valence-corrected chi connectivity index (χ4v) is 3.04. The van der Waals surface area contributed by atoms with Crippen molar-refractivity contribution in [3.05, 3.63) is 30.9 Å². The highest BCUT2D eigenvalue weighted by atomic mass is 32.2. The molecule has 116 valence electrons. The summed E-state index contributed by atoms with van der Waals surface area (Å²) in [6.45, 7) is 8.58. The predicted molar refractivity (Wildman–Crippen MR) is 81.9 cm³/mol. The predicted octanol–water partition coefficient (Wildman–Crippen LogP) is 1.90. The van der Waals surface area contributed by atoms with E-state index in [9.17, 15) is 13.2 Å². The van der Waals surface area contributed by atoms with Crippen LogP contribution in [0.15, 0.2) is 35.7 Å². The lowest BCUT2D eigenvalue weighted by Gasteiger charge is -2.21. The maximum atomic E-state index is 12.3. The maximum Gasteiger partial charge on any atom is 0.247 e. The first-order chi connectivity index (χ1) is 9.59. The second-order valence-corrected chi connectivity index (χ2v) is 7.09. The monoisotopic (exact) mass is 312 g/mol. The highest BCUT2D eigenvalue weighted by molar-refractivity contribution is 7.89. The molecule has 0 aliphatic carbocycles. The summed E-state index contributed by atoms with van der Waals surface area (Å²) in [5.41, 5.74) is -0.345. The third-order valence-electron chi connectivity index (χ3n) is 2.37. The van der Waals surface area contributed by atoms with Gasteiger partial charge in [0, 0.05) is 5.54 Å². The second kappa shape index (κ2) is 6.28. The van der Waals surface area contributed by atoms with Gasteiger partial charge in [0.05, 0.1) is 17.7 Å². The summed E-state index contributed by atoms with van der Waals surface area (Å²) in [5.74, 6) is -0.0912. The number of benzene rings is 1. The fraction of sp³-hybridized carbons (Fsp3) is 0.357. The Morgan fingerprint density at radius 2 is 1.95 bits per heavy atom. The number of carbonyl (C=O) groups excluding carboxylic acids is 1. The van der Waals surface area contributed by atoms with Crippen molar-refractivity contribution in [2.75, 3.05) is 12.4 Å². The van der Waals surface area contributed by atoms with Gasteiger partial charge in [0.15, 0.2) is 0 Å². The number of nitrogens with one attached hydrogen (secondary N) is 2. The number of methoxy groups -OCH3 is 1. The highest BCUT2D eigenvalue weighted by Crippen LogP contribution is 2.28. The largest absolute Gasteiger partial charge is 0.495 e. The summed E-state index contributed by atoms with van der Waals surface area (Å²) in [5, 5.41) is 2.51. The molecule has 0 saturated carbocycles. The summed E-state index contributed by atoms with van der Waals surface area (Å²) in [4.78, 5) is 11.4. The van der Waals surface area contributed by atoms with Gasteiger partial charge in [-0.15, -0.1) is 0 Å². The minimum Gasteiger partial charge on any atom is -0.495 e. The van der Waals surface area contributed by atoms with Crippen LogP contribution in [0.4, 0.5) is 5.69 Å². The normalized spacial score (nSPS) is 11.8. The first-order valence-corrected chi connectivity index (χ1v) is 7.73. The topological polar surface area (TPSA) is 84.5 Å². The molecule has 0 heterocycles. The van der Waals surface area contributed by atoms with Crippen molar-refractivity contribution in [1.82, 2.24) is 4.72 Å². The molecular weight excluding hydrogens is 292 g/mol.